The monoisotopic (exact) mass is 414 g/mol. The van der Waals surface area contributed by atoms with Crippen molar-refractivity contribution < 1.29 is 37.0 Å². The molecule has 29 heavy (non-hydrogen) atoms. The van der Waals surface area contributed by atoms with Crippen LogP contribution < -0.4 is 15.8 Å². The van der Waals surface area contributed by atoms with Crippen molar-refractivity contribution in [1.82, 2.24) is 5.32 Å². The van der Waals surface area contributed by atoms with Gasteiger partial charge in [-0.3, -0.25) is 9.59 Å². The molecule has 1 heterocycles. The lowest BCUT2D eigenvalue weighted by atomic mass is 9.82. The molecule has 0 radical (unpaired) electrons. The number of hydrogen-bond donors (Lipinski definition) is 3. The molecule has 0 aliphatic heterocycles. The fourth-order valence-electron chi connectivity index (χ4n) is 3.17. The highest BCUT2D eigenvalue weighted by atomic mass is 19.4. The zero-order valence-electron chi connectivity index (χ0n) is 15.8. The number of aliphatic hydroxyl groups excluding tert-OH is 1. The van der Waals surface area contributed by atoms with Crippen LogP contribution in [0.1, 0.15) is 35.9 Å². The van der Waals surface area contributed by atoms with E-state index in [-0.39, 0.29) is 24.2 Å². The summed E-state index contributed by atoms with van der Waals surface area (Å²) in [5.74, 6) is -2.39. The van der Waals surface area contributed by atoms with E-state index in [1.165, 1.54) is 13.0 Å². The van der Waals surface area contributed by atoms with Gasteiger partial charge in [0.25, 0.3) is 5.91 Å². The van der Waals surface area contributed by atoms with Crippen LogP contribution in [0.25, 0.3) is 11.0 Å². The third-order valence-corrected chi connectivity index (χ3v) is 5.17. The Balaban J connectivity index is 1.82. The molecule has 1 aromatic carbocycles. The lowest BCUT2D eigenvalue weighted by molar-refractivity contribution is -0.210. The Morgan fingerprint density at radius 1 is 1.34 bits per heavy atom. The van der Waals surface area contributed by atoms with Gasteiger partial charge in [0.05, 0.1) is 24.2 Å². The highest BCUT2D eigenvalue weighted by molar-refractivity contribution is 6.09. The lowest BCUT2D eigenvalue weighted by Gasteiger charge is -2.36. The molecular formula is C19H21F3N2O5. The Kier molecular flexibility index (Phi) is 5.24. The molecule has 2 amide bonds. The first-order chi connectivity index (χ1) is 13.4. The molecule has 0 spiro atoms. The Bertz CT molecular complexity index is 949. The van der Waals surface area contributed by atoms with Gasteiger partial charge in [-0.25, -0.2) is 0 Å². The number of rotatable bonds is 6. The maximum atomic E-state index is 12.7. The number of furan rings is 1. The number of primary amides is 1. The Hall–Kier alpha value is -2.75. The second-order valence-corrected chi connectivity index (χ2v) is 7.45. The van der Waals surface area contributed by atoms with Crippen LogP contribution in [0.5, 0.6) is 5.75 Å². The van der Waals surface area contributed by atoms with Gasteiger partial charge in [0.2, 0.25) is 5.91 Å². The summed E-state index contributed by atoms with van der Waals surface area (Å²) < 4.78 is 49.0. The van der Waals surface area contributed by atoms with Gasteiger partial charge < -0.3 is 25.3 Å². The predicted octanol–water partition coefficient (Wildman–Crippen LogP) is 2.43. The average molecular weight is 414 g/mol. The molecule has 10 heteroatoms. The van der Waals surface area contributed by atoms with Gasteiger partial charge in [-0.2, -0.15) is 13.2 Å². The third-order valence-electron chi connectivity index (χ3n) is 5.17. The summed E-state index contributed by atoms with van der Waals surface area (Å²) in [5.41, 5.74) is 4.06. The maximum Gasteiger partial charge on any atom is 0.392 e. The number of fused-ring (bicyclic) bond motifs is 1. The summed E-state index contributed by atoms with van der Waals surface area (Å²) in [6.45, 7) is 2.14. The Morgan fingerprint density at radius 2 is 2.00 bits per heavy atom. The minimum absolute atomic E-state index is 0.118. The minimum atomic E-state index is -4.23. The van der Waals surface area contributed by atoms with Crippen molar-refractivity contribution in [2.75, 3.05) is 6.61 Å². The van der Waals surface area contributed by atoms with Gasteiger partial charge in [-0.15, -0.1) is 0 Å². The average Bonchev–Trinajstić information content (AvgIpc) is 2.91. The number of nitrogens with one attached hydrogen (secondary N) is 1. The van der Waals surface area contributed by atoms with E-state index >= 15 is 0 Å². The van der Waals surface area contributed by atoms with E-state index in [1.54, 1.807) is 19.1 Å². The van der Waals surface area contributed by atoms with Crippen LogP contribution in [0.3, 0.4) is 0 Å². The van der Waals surface area contributed by atoms with Crippen molar-refractivity contribution in [1.29, 1.82) is 0 Å². The van der Waals surface area contributed by atoms with Crippen molar-refractivity contribution in [2.45, 2.75) is 44.5 Å². The van der Waals surface area contributed by atoms with Gasteiger partial charge in [0, 0.05) is 5.39 Å². The normalized spacial score (nSPS) is 21.3. The quantitative estimate of drug-likeness (QED) is 0.672. The van der Waals surface area contributed by atoms with Crippen LogP contribution in [0.2, 0.25) is 0 Å². The lowest BCUT2D eigenvalue weighted by Crippen LogP contribution is -2.57. The Morgan fingerprint density at radius 3 is 2.55 bits per heavy atom. The number of hydrogen-bond acceptors (Lipinski definition) is 5. The molecule has 1 fully saturated rings. The summed E-state index contributed by atoms with van der Waals surface area (Å²) in [7, 11) is 0. The van der Waals surface area contributed by atoms with Gasteiger partial charge in [-0.05, 0) is 44.9 Å². The van der Waals surface area contributed by atoms with Crippen molar-refractivity contribution in [2.24, 2.45) is 11.7 Å². The standard InChI is InChI=1S/C19H21F3N2O5/c1-9-15(16(26)24-18(2,8-25)17(23)27)13-7-11(3-4-14(13)28-9)29-12-5-10(6-12)19(20,21)22/h3-4,7,10,12,25H,5-6,8H2,1-2H3,(H2,23,27)(H,24,26)/t10?,12?,18-/m0/s1. The summed E-state index contributed by atoms with van der Waals surface area (Å²) in [6.07, 6.45) is -5.02. The highest BCUT2D eigenvalue weighted by Gasteiger charge is 2.48. The number of carbonyl (C=O) groups excluding carboxylic acids is 2. The van der Waals surface area contributed by atoms with E-state index in [9.17, 15) is 27.9 Å². The molecule has 1 aliphatic rings. The second-order valence-electron chi connectivity index (χ2n) is 7.45. The first-order valence-electron chi connectivity index (χ1n) is 8.94. The molecule has 1 atom stereocenters. The van der Waals surface area contributed by atoms with E-state index in [4.69, 9.17) is 14.9 Å². The van der Waals surface area contributed by atoms with Crippen LogP contribution in [0.4, 0.5) is 13.2 Å². The fourth-order valence-corrected chi connectivity index (χ4v) is 3.17. The van der Waals surface area contributed by atoms with Crippen LogP contribution in [-0.2, 0) is 4.79 Å². The Labute approximate surface area is 164 Å². The molecule has 7 nitrogen and oxygen atoms in total. The van der Waals surface area contributed by atoms with Gasteiger partial charge in [0.15, 0.2) is 0 Å². The molecule has 0 bridgehead atoms. The zero-order chi connectivity index (χ0) is 21.6. The van der Waals surface area contributed by atoms with E-state index < -0.39 is 42.2 Å². The number of aryl methyl sites for hydroxylation is 1. The molecule has 158 valence electrons. The minimum Gasteiger partial charge on any atom is -0.490 e. The van der Waals surface area contributed by atoms with Gasteiger partial charge in [0.1, 0.15) is 22.6 Å². The maximum absolute atomic E-state index is 12.7. The molecule has 2 aromatic rings. The van der Waals surface area contributed by atoms with E-state index in [2.05, 4.69) is 5.32 Å². The summed E-state index contributed by atoms with van der Waals surface area (Å²) in [5, 5.41) is 12.2. The number of carbonyl (C=O) groups is 2. The molecule has 1 saturated carbocycles. The molecule has 0 saturated heterocycles. The van der Waals surface area contributed by atoms with Crippen LogP contribution in [-0.4, -0.2) is 41.3 Å². The summed E-state index contributed by atoms with van der Waals surface area (Å²) in [6, 6.07) is 4.60. The molecule has 4 N–H and O–H groups in total. The van der Waals surface area contributed by atoms with Crippen molar-refractivity contribution in [3.63, 3.8) is 0 Å². The van der Waals surface area contributed by atoms with E-state index in [1.807, 2.05) is 0 Å². The van der Waals surface area contributed by atoms with Crippen LogP contribution in [0, 0.1) is 12.8 Å². The fraction of sp³-hybridized carbons (Fsp3) is 0.474. The number of aliphatic hydroxyl groups is 1. The molecule has 3 rings (SSSR count). The number of benzene rings is 1. The number of ether oxygens (including phenoxy) is 1. The third kappa shape index (κ3) is 4.02. The predicted molar refractivity (Wildman–Crippen MR) is 96.3 cm³/mol. The first-order valence-corrected chi connectivity index (χ1v) is 8.94. The van der Waals surface area contributed by atoms with Gasteiger partial charge in [-0.1, -0.05) is 0 Å². The smallest absolute Gasteiger partial charge is 0.392 e. The SMILES string of the molecule is Cc1oc2ccc(OC3CC(C(F)(F)F)C3)cc2c1C(=O)N[C@@](C)(CO)C(N)=O. The topological polar surface area (TPSA) is 115 Å². The second kappa shape index (κ2) is 7.25. The highest BCUT2D eigenvalue weighted by Crippen LogP contribution is 2.43. The largest absolute Gasteiger partial charge is 0.490 e. The van der Waals surface area contributed by atoms with E-state index in [0.29, 0.717) is 16.7 Å². The number of alkyl halides is 3. The first kappa shape index (κ1) is 21.0. The number of nitrogens with two attached hydrogens (primary N) is 1. The van der Waals surface area contributed by atoms with Gasteiger partial charge >= 0.3 is 6.18 Å². The summed E-state index contributed by atoms with van der Waals surface area (Å²) in [4.78, 5) is 24.3. The van der Waals surface area contributed by atoms with Crippen LogP contribution >= 0.6 is 0 Å². The molecule has 1 aliphatic carbocycles. The molecule has 0 unspecified atom stereocenters. The zero-order valence-corrected chi connectivity index (χ0v) is 15.8. The van der Waals surface area contributed by atoms with Crippen molar-refractivity contribution >= 4 is 22.8 Å². The van der Waals surface area contributed by atoms with Crippen molar-refractivity contribution in [3.8, 4) is 5.75 Å². The summed E-state index contributed by atoms with van der Waals surface area (Å²) >= 11 is 0. The number of amides is 2. The van der Waals surface area contributed by atoms with Crippen molar-refractivity contribution in [3.05, 3.63) is 29.5 Å². The van der Waals surface area contributed by atoms with E-state index in [0.717, 1.165) is 0 Å². The van der Waals surface area contributed by atoms with Crippen LogP contribution in [0.15, 0.2) is 22.6 Å². The number of halogens is 3. The molecule has 1 aromatic heterocycles. The molecular weight excluding hydrogens is 393 g/mol.